The summed E-state index contributed by atoms with van der Waals surface area (Å²) in [5.41, 5.74) is 1.59. The van der Waals surface area contributed by atoms with Gasteiger partial charge in [-0.25, -0.2) is 8.42 Å². The van der Waals surface area contributed by atoms with Gasteiger partial charge in [0.25, 0.3) is 5.91 Å². The monoisotopic (exact) mass is 385 g/mol. The molecule has 3 aromatic rings. The second kappa shape index (κ2) is 7.67. The molecule has 0 atom stereocenters. The van der Waals surface area contributed by atoms with Gasteiger partial charge in [0, 0.05) is 25.4 Å². The van der Waals surface area contributed by atoms with Crippen LogP contribution < -0.4 is 5.32 Å². The van der Waals surface area contributed by atoms with Gasteiger partial charge in [0.15, 0.2) is 5.82 Å². The first-order valence-electron chi connectivity index (χ1n) is 8.34. The number of nitrogens with zero attached hydrogens (tertiary/aromatic N) is 4. The summed E-state index contributed by atoms with van der Waals surface area (Å²) >= 11 is 0. The van der Waals surface area contributed by atoms with E-state index in [9.17, 15) is 13.2 Å². The summed E-state index contributed by atoms with van der Waals surface area (Å²) in [6, 6.07) is 11.8. The number of hydrogen-bond acceptors (Lipinski definition) is 6. The molecule has 1 N–H and O–H groups in total. The van der Waals surface area contributed by atoms with Gasteiger partial charge in [0.2, 0.25) is 15.0 Å². The Balaban J connectivity index is 1.91. The van der Waals surface area contributed by atoms with Gasteiger partial charge in [-0.1, -0.05) is 18.2 Å². The van der Waals surface area contributed by atoms with Crippen molar-refractivity contribution in [2.24, 2.45) is 0 Å². The fourth-order valence-electron chi connectivity index (χ4n) is 2.67. The molecule has 8 nitrogen and oxygen atoms in total. The summed E-state index contributed by atoms with van der Waals surface area (Å²) in [5.74, 6) is -0.0525. The molecule has 0 aliphatic rings. The number of carbonyl (C=O) groups excluding carboxylic acids is 1. The fraction of sp³-hybridized carbons (Fsp3) is 0.222. The van der Waals surface area contributed by atoms with Crippen LogP contribution in [0.5, 0.6) is 0 Å². The number of carbonyl (C=O) groups is 1. The molecule has 2 heterocycles. The number of rotatable bonds is 6. The number of benzene rings is 1. The second-order valence-corrected chi connectivity index (χ2v) is 7.68. The predicted octanol–water partition coefficient (Wildman–Crippen LogP) is 1.69. The zero-order chi connectivity index (χ0) is 19.4. The summed E-state index contributed by atoms with van der Waals surface area (Å²) in [7, 11) is -2.18. The molecule has 0 saturated heterocycles. The van der Waals surface area contributed by atoms with Crippen molar-refractivity contribution < 1.29 is 13.2 Å². The molecule has 0 spiro atoms. The standard InChI is InChI=1S/C18H19N5O3S/c1-3-23-16(15-6-4-5-11-20-15)21-22-18(23)27(25,26)12-13-7-9-14(10-8-13)17(24)19-2/h4-11H,3,12H2,1-2H3,(H,19,24). The maximum atomic E-state index is 12.9. The Kier molecular flexibility index (Phi) is 5.31. The van der Waals surface area contributed by atoms with Gasteiger partial charge in [-0.15, -0.1) is 10.2 Å². The normalized spacial score (nSPS) is 11.3. The minimum atomic E-state index is -3.72. The lowest BCUT2D eigenvalue weighted by molar-refractivity contribution is 0.0963. The van der Waals surface area contributed by atoms with E-state index in [1.165, 1.54) is 11.6 Å². The van der Waals surface area contributed by atoms with Gasteiger partial charge in [-0.2, -0.15) is 0 Å². The van der Waals surface area contributed by atoms with Gasteiger partial charge in [-0.3, -0.25) is 14.3 Å². The van der Waals surface area contributed by atoms with Crippen LogP contribution in [0.25, 0.3) is 11.5 Å². The first-order valence-corrected chi connectivity index (χ1v) is 10.00. The molecule has 140 valence electrons. The van der Waals surface area contributed by atoms with Gasteiger partial charge in [0.1, 0.15) is 5.69 Å². The van der Waals surface area contributed by atoms with Crippen molar-refractivity contribution in [2.45, 2.75) is 24.4 Å². The molecule has 1 aromatic carbocycles. The Morgan fingerprint density at radius 2 is 1.85 bits per heavy atom. The van der Waals surface area contributed by atoms with Crippen LogP contribution >= 0.6 is 0 Å². The van der Waals surface area contributed by atoms with Crippen LogP contribution in [0.3, 0.4) is 0 Å². The predicted molar refractivity (Wildman–Crippen MR) is 99.6 cm³/mol. The van der Waals surface area contributed by atoms with Crippen LogP contribution in [0.1, 0.15) is 22.8 Å². The number of pyridine rings is 1. The summed E-state index contributed by atoms with van der Waals surface area (Å²) in [5, 5.41) is 10.4. The van der Waals surface area contributed by atoms with Crippen LogP contribution in [0.4, 0.5) is 0 Å². The fourth-order valence-corrected chi connectivity index (χ4v) is 4.15. The van der Waals surface area contributed by atoms with Crippen LogP contribution in [-0.4, -0.2) is 41.1 Å². The zero-order valence-electron chi connectivity index (χ0n) is 15.0. The third kappa shape index (κ3) is 3.87. The van der Waals surface area contributed by atoms with E-state index in [4.69, 9.17) is 0 Å². The van der Waals surface area contributed by atoms with E-state index in [1.807, 2.05) is 6.92 Å². The Morgan fingerprint density at radius 3 is 2.44 bits per heavy atom. The highest BCUT2D eigenvalue weighted by Crippen LogP contribution is 2.21. The highest BCUT2D eigenvalue weighted by atomic mass is 32.2. The molecular formula is C18H19N5O3S. The van der Waals surface area contributed by atoms with Crippen molar-refractivity contribution in [1.82, 2.24) is 25.1 Å². The Morgan fingerprint density at radius 1 is 1.11 bits per heavy atom. The minimum Gasteiger partial charge on any atom is -0.355 e. The SMILES string of the molecule is CCn1c(-c2ccccn2)nnc1S(=O)(=O)Cc1ccc(C(=O)NC)cc1. The Bertz CT molecular complexity index is 1040. The molecule has 2 aromatic heterocycles. The van der Waals surface area contributed by atoms with Crippen LogP contribution in [0.2, 0.25) is 0 Å². The quantitative estimate of drug-likeness (QED) is 0.692. The number of nitrogens with one attached hydrogen (secondary N) is 1. The average molecular weight is 385 g/mol. The summed E-state index contributed by atoms with van der Waals surface area (Å²) in [6.07, 6.45) is 1.62. The van der Waals surface area contributed by atoms with Crippen molar-refractivity contribution in [1.29, 1.82) is 0 Å². The van der Waals surface area contributed by atoms with Gasteiger partial charge in [-0.05, 0) is 36.8 Å². The molecule has 0 radical (unpaired) electrons. The lowest BCUT2D eigenvalue weighted by Gasteiger charge is -2.08. The van der Waals surface area contributed by atoms with Gasteiger partial charge in [0.05, 0.1) is 5.75 Å². The lowest BCUT2D eigenvalue weighted by atomic mass is 10.1. The molecule has 1 amide bonds. The van der Waals surface area contributed by atoms with Crippen molar-refractivity contribution in [2.75, 3.05) is 7.05 Å². The van der Waals surface area contributed by atoms with E-state index in [0.29, 0.717) is 29.2 Å². The molecule has 27 heavy (non-hydrogen) atoms. The number of aromatic nitrogens is 4. The molecular weight excluding hydrogens is 366 g/mol. The third-order valence-electron chi connectivity index (χ3n) is 4.01. The molecule has 0 unspecified atom stereocenters. The number of hydrogen-bond donors (Lipinski definition) is 1. The van der Waals surface area contributed by atoms with E-state index in [0.717, 1.165) is 0 Å². The maximum Gasteiger partial charge on any atom is 0.251 e. The van der Waals surface area contributed by atoms with Crippen molar-refractivity contribution in [3.8, 4) is 11.5 Å². The van der Waals surface area contributed by atoms with Crippen LogP contribution in [-0.2, 0) is 22.1 Å². The van der Waals surface area contributed by atoms with Crippen LogP contribution in [0.15, 0.2) is 53.8 Å². The molecule has 3 rings (SSSR count). The van der Waals surface area contributed by atoms with Crippen molar-refractivity contribution in [3.63, 3.8) is 0 Å². The van der Waals surface area contributed by atoms with E-state index < -0.39 is 9.84 Å². The van der Waals surface area contributed by atoms with E-state index in [-0.39, 0.29) is 16.8 Å². The number of amides is 1. The lowest BCUT2D eigenvalue weighted by Crippen LogP contribution is -2.17. The first-order chi connectivity index (χ1) is 13.0. The largest absolute Gasteiger partial charge is 0.355 e. The van der Waals surface area contributed by atoms with E-state index in [2.05, 4.69) is 20.5 Å². The maximum absolute atomic E-state index is 12.9. The smallest absolute Gasteiger partial charge is 0.251 e. The first kappa shape index (κ1) is 18.7. The summed E-state index contributed by atoms with van der Waals surface area (Å²) in [6.45, 7) is 2.22. The summed E-state index contributed by atoms with van der Waals surface area (Å²) in [4.78, 5) is 15.8. The highest BCUT2D eigenvalue weighted by Gasteiger charge is 2.25. The number of sulfone groups is 1. The molecule has 0 saturated carbocycles. The third-order valence-corrected chi connectivity index (χ3v) is 5.58. The van der Waals surface area contributed by atoms with Gasteiger partial charge >= 0.3 is 0 Å². The Labute approximate surface area is 157 Å². The van der Waals surface area contributed by atoms with Crippen molar-refractivity contribution >= 4 is 15.7 Å². The molecule has 0 bridgehead atoms. The zero-order valence-corrected chi connectivity index (χ0v) is 15.8. The van der Waals surface area contributed by atoms with Crippen molar-refractivity contribution in [3.05, 3.63) is 59.8 Å². The van der Waals surface area contributed by atoms with E-state index >= 15 is 0 Å². The molecule has 9 heteroatoms. The molecule has 0 fully saturated rings. The second-order valence-electron chi connectivity index (χ2n) is 5.80. The van der Waals surface area contributed by atoms with E-state index in [1.54, 1.807) is 48.7 Å². The average Bonchev–Trinajstić information content (AvgIpc) is 3.13. The topological polar surface area (TPSA) is 107 Å². The minimum absolute atomic E-state index is 0.0963. The molecule has 0 aliphatic heterocycles. The Hall–Kier alpha value is -3.07. The van der Waals surface area contributed by atoms with Crippen LogP contribution in [0, 0.1) is 0 Å². The van der Waals surface area contributed by atoms with Gasteiger partial charge < -0.3 is 5.32 Å². The summed E-state index contributed by atoms with van der Waals surface area (Å²) < 4.78 is 27.3. The molecule has 0 aliphatic carbocycles. The highest BCUT2D eigenvalue weighted by molar-refractivity contribution is 7.90.